The van der Waals surface area contributed by atoms with Gasteiger partial charge in [0.05, 0.1) is 0 Å². The summed E-state index contributed by atoms with van der Waals surface area (Å²) in [5.41, 5.74) is 5.86. The summed E-state index contributed by atoms with van der Waals surface area (Å²) in [6.45, 7) is 8.13. The molecule has 0 bridgehead atoms. The molecule has 120 valence electrons. The number of nitrogen functional groups attached to an aromatic ring is 1. The average Bonchev–Trinajstić information content (AvgIpc) is 2.41. The highest BCUT2D eigenvalue weighted by Crippen LogP contribution is 2.26. The third kappa shape index (κ3) is 4.17. The van der Waals surface area contributed by atoms with E-state index in [1.165, 1.54) is 16.4 Å². The zero-order chi connectivity index (χ0) is 16.2. The molecular formula is C15H25FN2O2S. The van der Waals surface area contributed by atoms with Crippen molar-refractivity contribution in [1.29, 1.82) is 0 Å². The standard InChI is InChI=1S/C15H25FN2O2S/c1-5-13(6-2)18(10-11(3)4)21(19,20)15-9-12(17)7-8-14(15)16/h7-9,11,13H,5-6,10,17H2,1-4H3. The largest absolute Gasteiger partial charge is 0.399 e. The number of anilines is 1. The van der Waals surface area contributed by atoms with Gasteiger partial charge in [-0.1, -0.05) is 27.7 Å². The van der Waals surface area contributed by atoms with Gasteiger partial charge >= 0.3 is 0 Å². The van der Waals surface area contributed by atoms with E-state index in [2.05, 4.69) is 0 Å². The van der Waals surface area contributed by atoms with E-state index in [1.54, 1.807) is 0 Å². The first-order valence-electron chi connectivity index (χ1n) is 7.30. The van der Waals surface area contributed by atoms with Gasteiger partial charge < -0.3 is 5.73 Å². The molecule has 0 unspecified atom stereocenters. The number of hydrogen-bond donors (Lipinski definition) is 1. The highest BCUT2D eigenvalue weighted by molar-refractivity contribution is 7.89. The Morgan fingerprint density at radius 3 is 2.29 bits per heavy atom. The minimum atomic E-state index is -3.89. The van der Waals surface area contributed by atoms with Crippen LogP contribution in [0.5, 0.6) is 0 Å². The van der Waals surface area contributed by atoms with Crippen LogP contribution >= 0.6 is 0 Å². The lowest BCUT2D eigenvalue weighted by atomic mass is 10.1. The van der Waals surface area contributed by atoms with E-state index >= 15 is 0 Å². The number of rotatable bonds is 7. The first-order chi connectivity index (χ1) is 9.73. The summed E-state index contributed by atoms with van der Waals surface area (Å²) in [5.74, 6) is -0.603. The minimum Gasteiger partial charge on any atom is -0.399 e. The van der Waals surface area contributed by atoms with Gasteiger partial charge in [-0.05, 0) is 37.0 Å². The lowest BCUT2D eigenvalue weighted by Crippen LogP contribution is -2.42. The van der Waals surface area contributed by atoms with Crippen molar-refractivity contribution in [2.45, 2.75) is 51.5 Å². The number of halogens is 1. The van der Waals surface area contributed by atoms with Crippen LogP contribution in [-0.4, -0.2) is 25.3 Å². The Bertz CT molecular complexity index is 569. The Labute approximate surface area is 127 Å². The van der Waals surface area contributed by atoms with Crippen molar-refractivity contribution in [3.05, 3.63) is 24.0 Å². The van der Waals surface area contributed by atoms with Crippen molar-refractivity contribution >= 4 is 15.7 Å². The SMILES string of the molecule is CCC(CC)N(CC(C)C)S(=O)(=O)c1cc(N)ccc1F. The van der Waals surface area contributed by atoms with Crippen LogP contribution in [0.2, 0.25) is 0 Å². The molecule has 2 N–H and O–H groups in total. The van der Waals surface area contributed by atoms with Crippen molar-refractivity contribution < 1.29 is 12.8 Å². The summed E-state index contributed by atoms with van der Waals surface area (Å²) < 4.78 is 41.0. The summed E-state index contributed by atoms with van der Waals surface area (Å²) in [4.78, 5) is -0.338. The topological polar surface area (TPSA) is 63.4 Å². The normalized spacial score (nSPS) is 12.6. The van der Waals surface area contributed by atoms with Crippen molar-refractivity contribution in [2.75, 3.05) is 12.3 Å². The maximum atomic E-state index is 14.0. The van der Waals surface area contributed by atoms with Crippen LogP contribution in [0.25, 0.3) is 0 Å². The number of nitrogens with zero attached hydrogens (tertiary/aromatic N) is 1. The molecule has 0 aromatic heterocycles. The van der Waals surface area contributed by atoms with Gasteiger partial charge in [0.15, 0.2) is 0 Å². The molecule has 1 aromatic carbocycles. The number of sulfonamides is 1. The van der Waals surface area contributed by atoms with Crippen molar-refractivity contribution in [3.8, 4) is 0 Å². The molecule has 0 fully saturated rings. The Morgan fingerprint density at radius 2 is 1.81 bits per heavy atom. The van der Waals surface area contributed by atoms with Gasteiger partial charge in [0.1, 0.15) is 10.7 Å². The monoisotopic (exact) mass is 316 g/mol. The first kappa shape index (κ1) is 17.9. The van der Waals surface area contributed by atoms with E-state index in [0.29, 0.717) is 19.4 Å². The quantitative estimate of drug-likeness (QED) is 0.785. The smallest absolute Gasteiger partial charge is 0.246 e. The van der Waals surface area contributed by atoms with Crippen LogP contribution in [0, 0.1) is 11.7 Å². The molecule has 0 aliphatic rings. The fourth-order valence-corrected chi connectivity index (χ4v) is 4.38. The third-order valence-corrected chi connectivity index (χ3v) is 5.37. The Balaban J connectivity index is 3.35. The van der Waals surface area contributed by atoms with Crippen LogP contribution < -0.4 is 5.73 Å². The molecule has 0 aliphatic carbocycles. The number of nitrogens with two attached hydrogens (primary N) is 1. The highest BCUT2D eigenvalue weighted by Gasteiger charge is 2.32. The fraction of sp³-hybridized carbons (Fsp3) is 0.600. The van der Waals surface area contributed by atoms with E-state index in [-0.39, 0.29) is 22.5 Å². The molecule has 21 heavy (non-hydrogen) atoms. The Morgan fingerprint density at radius 1 is 1.24 bits per heavy atom. The second kappa shape index (κ2) is 7.22. The summed E-state index contributed by atoms with van der Waals surface area (Å²) in [6, 6.07) is 3.51. The van der Waals surface area contributed by atoms with Gasteiger partial charge in [-0.3, -0.25) is 0 Å². The second-order valence-electron chi connectivity index (χ2n) is 5.63. The average molecular weight is 316 g/mol. The van der Waals surface area contributed by atoms with E-state index in [4.69, 9.17) is 5.73 Å². The van der Waals surface area contributed by atoms with Crippen LogP contribution in [0.3, 0.4) is 0 Å². The molecule has 0 atom stereocenters. The van der Waals surface area contributed by atoms with Crippen LogP contribution in [0.1, 0.15) is 40.5 Å². The molecule has 1 rings (SSSR count). The number of hydrogen-bond acceptors (Lipinski definition) is 3. The number of benzene rings is 1. The molecule has 0 spiro atoms. The maximum Gasteiger partial charge on any atom is 0.246 e. The fourth-order valence-electron chi connectivity index (χ4n) is 2.34. The lowest BCUT2D eigenvalue weighted by molar-refractivity contribution is 0.276. The molecular weight excluding hydrogens is 291 g/mol. The summed E-state index contributed by atoms with van der Waals surface area (Å²) >= 11 is 0. The molecule has 0 radical (unpaired) electrons. The molecule has 1 aromatic rings. The van der Waals surface area contributed by atoms with E-state index in [1.807, 2.05) is 27.7 Å². The predicted molar refractivity (Wildman–Crippen MR) is 83.9 cm³/mol. The van der Waals surface area contributed by atoms with Crippen LogP contribution in [-0.2, 0) is 10.0 Å². The van der Waals surface area contributed by atoms with Crippen LogP contribution in [0.15, 0.2) is 23.1 Å². The molecule has 0 saturated heterocycles. The molecule has 0 saturated carbocycles. The van der Waals surface area contributed by atoms with Gasteiger partial charge in [-0.25, -0.2) is 12.8 Å². The molecule has 0 amide bonds. The second-order valence-corrected chi connectivity index (χ2v) is 7.49. The molecule has 0 aliphatic heterocycles. The van der Waals surface area contributed by atoms with E-state index in [0.717, 1.165) is 6.07 Å². The molecule has 0 heterocycles. The van der Waals surface area contributed by atoms with Gasteiger partial charge in [0, 0.05) is 18.3 Å². The van der Waals surface area contributed by atoms with Gasteiger partial charge in [0.25, 0.3) is 0 Å². The Kier molecular flexibility index (Phi) is 6.16. The minimum absolute atomic E-state index is 0.141. The van der Waals surface area contributed by atoms with Crippen LogP contribution in [0.4, 0.5) is 10.1 Å². The van der Waals surface area contributed by atoms with E-state index in [9.17, 15) is 12.8 Å². The van der Waals surface area contributed by atoms with E-state index < -0.39 is 15.8 Å². The predicted octanol–water partition coefficient (Wildman–Crippen LogP) is 3.24. The highest BCUT2D eigenvalue weighted by atomic mass is 32.2. The summed E-state index contributed by atoms with van der Waals surface area (Å²) in [5, 5.41) is 0. The van der Waals surface area contributed by atoms with Crippen molar-refractivity contribution in [1.82, 2.24) is 4.31 Å². The third-order valence-electron chi connectivity index (χ3n) is 3.44. The lowest BCUT2D eigenvalue weighted by Gasteiger charge is -2.31. The summed E-state index contributed by atoms with van der Waals surface area (Å²) in [7, 11) is -3.89. The molecule has 6 heteroatoms. The van der Waals surface area contributed by atoms with Gasteiger partial charge in [0.2, 0.25) is 10.0 Å². The maximum absolute atomic E-state index is 14.0. The zero-order valence-corrected chi connectivity index (χ0v) is 14.0. The van der Waals surface area contributed by atoms with Crippen molar-refractivity contribution in [3.63, 3.8) is 0 Å². The Hall–Kier alpha value is -1.14. The zero-order valence-electron chi connectivity index (χ0n) is 13.1. The van der Waals surface area contributed by atoms with Gasteiger partial charge in [-0.2, -0.15) is 4.31 Å². The van der Waals surface area contributed by atoms with Crippen molar-refractivity contribution in [2.24, 2.45) is 5.92 Å². The summed E-state index contributed by atoms with van der Waals surface area (Å²) in [6.07, 6.45) is 1.37. The first-order valence-corrected chi connectivity index (χ1v) is 8.74. The van der Waals surface area contributed by atoms with Gasteiger partial charge in [-0.15, -0.1) is 0 Å². The molecule has 4 nitrogen and oxygen atoms in total.